The third-order valence-corrected chi connectivity index (χ3v) is 2.75. The molecule has 0 aliphatic rings. The lowest BCUT2D eigenvalue weighted by atomic mass is 10.00. The van der Waals surface area contributed by atoms with Crippen molar-refractivity contribution in [1.29, 1.82) is 0 Å². The molecular weight excluding hydrogens is 232 g/mol. The Bertz CT molecular complexity index is 409. The van der Waals surface area contributed by atoms with Gasteiger partial charge in [-0.15, -0.1) is 0 Å². The topological polar surface area (TPSA) is 63.6 Å². The zero-order valence-electron chi connectivity index (χ0n) is 10.7. The van der Waals surface area contributed by atoms with Crippen molar-refractivity contribution in [2.45, 2.75) is 32.3 Å². The Balaban J connectivity index is 2.42. The summed E-state index contributed by atoms with van der Waals surface area (Å²) in [6.45, 7) is 3.05. The maximum absolute atomic E-state index is 11.6. The molecular formula is C14H18O4. The summed E-state index contributed by atoms with van der Waals surface area (Å²) in [4.78, 5) is 23.1. The Labute approximate surface area is 107 Å². The summed E-state index contributed by atoms with van der Waals surface area (Å²) in [6.07, 6.45) is 0.348. The number of hydrogen-bond donors (Lipinski definition) is 1. The van der Waals surface area contributed by atoms with E-state index in [1.165, 1.54) is 0 Å². The second kappa shape index (κ2) is 6.31. The van der Waals surface area contributed by atoms with Crippen LogP contribution < -0.4 is 0 Å². The first-order chi connectivity index (χ1) is 8.44. The first-order valence-corrected chi connectivity index (χ1v) is 5.91. The third kappa shape index (κ3) is 4.67. The Kier molecular flexibility index (Phi) is 5.04. The molecule has 1 atom stereocenters. The van der Waals surface area contributed by atoms with Crippen molar-refractivity contribution in [1.82, 2.24) is 0 Å². The second-order valence-corrected chi connectivity index (χ2v) is 4.48. The van der Waals surface area contributed by atoms with Gasteiger partial charge in [0, 0.05) is 5.56 Å². The van der Waals surface area contributed by atoms with Crippen molar-refractivity contribution in [2.24, 2.45) is 0 Å². The van der Waals surface area contributed by atoms with Crippen LogP contribution in [0.5, 0.6) is 0 Å². The van der Waals surface area contributed by atoms with Gasteiger partial charge in [-0.2, -0.15) is 0 Å². The quantitative estimate of drug-likeness (QED) is 0.619. The second-order valence-electron chi connectivity index (χ2n) is 4.48. The van der Waals surface area contributed by atoms with Gasteiger partial charge in [-0.05, 0) is 13.3 Å². The van der Waals surface area contributed by atoms with Crippen LogP contribution in [0.4, 0.5) is 0 Å². The molecule has 0 unspecified atom stereocenters. The number of benzene rings is 1. The molecule has 0 saturated carbocycles. The number of ketones is 1. The van der Waals surface area contributed by atoms with Crippen LogP contribution >= 0.6 is 0 Å². The molecule has 0 bridgehead atoms. The summed E-state index contributed by atoms with van der Waals surface area (Å²) in [5, 5.41) is 9.69. The Morgan fingerprint density at radius 1 is 1.28 bits per heavy atom. The Morgan fingerprint density at radius 2 is 1.89 bits per heavy atom. The van der Waals surface area contributed by atoms with Crippen molar-refractivity contribution in [2.75, 3.05) is 6.61 Å². The fraction of sp³-hybridized carbons (Fsp3) is 0.429. The molecule has 0 aliphatic heterocycles. The van der Waals surface area contributed by atoms with Crippen LogP contribution in [0.25, 0.3) is 0 Å². The van der Waals surface area contributed by atoms with Crippen LogP contribution in [0, 0.1) is 0 Å². The van der Waals surface area contributed by atoms with E-state index in [1.807, 2.05) is 0 Å². The van der Waals surface area contributed by atoms with Gasteiger partial charge in [-0.3, -0.25) is 9.59 Å². The Morgan fingerprint density at radius 3 is 2.44 bits per heavy atom. The van der Waals surface area contributed by atoms with Crippen LogP contribution in [0.3, 0.4) is 0 Å². The molecule has 1 rings (SSSR count). The van der Waals surface area contributed by atoms with E-state index in [9.17, 15) is 14.7 Å². The molecule has 0 fully saturated rings. The molecule has 1 aromatic rings. The number of rotatable bonds is 6. The number of aliphatic hydroxyl groups is 1. The van der Waals surface area contributed by atoms with Crippen LogP contribution in [0.1, 0.15) is 37.0 Å². The molecule has 98 valence electrons. The summed E-state index contributed by atoms with van der Waals surface area (Å²) >= 11 is 0. The van der Waals surface area contributed by atoms with Crippen LogP contribution in [0.2, 0.25) is 0 Å². The largest absolute Gasteiger partial charge is 0.457 e. The minimum atomic E-state index is -1.08. The van der Waals surface area contributed by atoms with Crippen molar-refractivity contribution in [3.8, 4) is 0 Å². The standard InChI is InChI=1S/C14H18O4/c1-3-14(2,17)9-13(16)18-10-12(15)11-7-5-4-6-8-11/h4-8,17H,3,9-10H2,1-2H3/t14-/m1/s1. The van der Waals surface area contributed by atoms with Crippen molar-refractivity contribution in [3.05, 3.63) is 35.9 Å². The lowest BCUT2D eigenvalue weighted by Gasteiger charge is -2.19. The highest BCUT2D eigenvalue weighted by molar-refractivity contribution is 5.97. The predicted octanol–water partition coefficient (Wildman–Crippen LogP) is 1.96. The van der Waals surface area contributed by atoms with Gasteiger partial charge in [0.2, 0.25) is 0 Å². The first-order valence-electron chi connectivity index (χ1n) is 5.91. The lowest BCUT2D eigenvalue weighted by molar-refractivity contribution is -0.147. The van der Waals surface area contributed by atoms with Crippen LogP contribution in [-0.4, -0.2) is 29.1 Å². The normalized spacial score (nSPS) is 13.7. The first kappa shape index (κ1) is 14.4. The molecule has 1 N–H and O–H groups in total. The predicted molar refractivity (Wildman–Crippen MR) is 67.3 cm³/mol. The van der Waals surface area contributed by atoms with Crippen LogP contribution in [-0.2, 0) is 9.53 Å². The van der Waals surface area contributed by atoms with Crippen LogP contribution in [0.15, 0.2) is 30.3 Å². The average molecular weight is 250 g/mol. The maximum Gasteiger partial charge on any atom is 0.309 e. The summed E-state index contributed by atoms with van der Waals surface area (Å²) < 4.78 is 4.85. The lowest BCUT2D eigenvalue weighted by Crippen LogP contribution is -2.28. The summed E-state index contributed by atoms with van der Waals surface area (Å²) in [7, 11) is 0. The van der Waals surface area contributed by atoms with Gasteiger partial charge >= 0.3 is 5.97 Å². The van der Waals surface area contributed by atoms with E-state index in [2.05, 4.69) is 0 Å². The SMILES string of the molecule is CC[C@@](C)(O)CC(=O)OCC(=O)c1ccccc1. The molecule has 0 aliphatic carbocycles. The highest BCUT2D eigenvalue weighted by atomic mass is 16.5. The molecule has 0 heterocycles. The molecule has 4 nitrogen and oxygen atoms in total. The highest BCUT2D eigenvalue weighted by Crippen LogP contribution is 2.14. The highest BCUT2D eigenvalue weighted by Gasteiger charge is 2.23. The maximum atomic E-state index is 11.6. The third-order valence-electron chi connectivity index (χ3n) is 2.75. The minimum absolute atomic E-state index is 0.106. The average Bonchev–Trinajstić information content (AvgIpc) is 2.36. The number of esters is 1. The van der Waals surface area contributed by atoms with E-state index in [0.717, 1.165) is 0 Å². The summed E-state index contributed by atoms with van der Waals surface area (Å²) in [5.41, 5.74) is -0.570. The van der Waals surface area contributed by atoms with Gasteiger partial charge < -0.3 is 9.84 Å². The molecule has 0 spiro atoms. The molecule has 0 saturated heterocycles. The van der Waals surface area contributed by atoms with Gasteiger partial charge in [-0.1, -0.05) is 37.3 Å². The van der Waals surface area contributed by atoms with E-state index in [-0.39, 0.29) is 18.8 Å². The zero-order chi connectivity index (χ0) is 13.6. The fourth-order valence-electron chi connectivity index (χ4n) is 1.34. The molecule has 4 heteroatoms. The molecule has 0 radical (unpaired) electrons. The molecule has 0 amide bonds. The number of carbonyl (C=O) groups excluding carboxylic acids is 2. The fourth-order valence-corrected chi connectivity index (χ4v) is 1.34. The molecule has 18 heavy (non-hydrogen) atoms. The number of carbonyl (C=O) groups is 2. The number of hydrogen-bond acceptors (Lipinski definition) is 4. The van der Waals surface area contributed by atoms with Crippen molar-refractivity contribution < 1.29 is 19.4 Å². The molecule has 0 aromatic heterocycles. The van der Waals surface area contributed by atoms with E-state index in [4.69, 9.17) is 4.74 Å². The molecule has 1 aromatic carbocycles. The van der Waals surface area contributed by atoms with Crippen molar-refractivity contribution >= 4 is 11.8 Å². The minimum Gasteiger partial charge on any atom is -0.457 e. The zero-order valence-corrected chi connectivity index (χ0v) is 10.7. The smallest absolute Gasteiger partial charge is 0.309 e. The van der Waals surface area contributed by atoms with Gasteiger partial charge in [0.1, 0.15) is 0 Å². The van der Waals surface area contributed by atoms with E-state index in [1.54, 1.807) is 44.2 Å². The summed E-state index contributed by atoms with van der Waals surface area (Å²) in [5.74, 6) is -0.814. The van der Waals surface area contributed by atoms with E-state index >= 15 is 0 Å². The number of Topliss-reactive ketones (excluding diaryl/α,β-unsaturated/α-hetero) is 1. The Hall–Kier alpha value is -1.68. The van der Waals surface area contributed by atoms with Gasteiger partial charge in [0.15, 0.2) is 12.4 Å². The monoisotopic (exact) mass is 250 g/mol. The van der Waals surface area contributed by atoms with E-state index < -0.39 is 11.6 Å². The van der Waals surface area contributed by atoms with E-state index in [0.29, 0.717) is 12.0 Å². The van der Waals surface area contributed by atoms with Gasteiger partial charge in [0.05, 0.1) is 12.0 Å². The van der Waals surface area contributed by atoms with Crippen molar-refractivity contribution in [3.63, 3.8) is 0 Å². The summed E-state index contributed by atoms with van der Waals surface area (Å²) in [6, 6.07) is 8.63. The van der Waals surface area contributed by atoms with Gasteiger partial charge in [-0.25, -0.2) is 0 Å². The van der Waals surface area contributed by atoms with Gasteiger partial charge in [0.25, 0.3) is 0 Å². The number of ether oxygens (including phenoxy) is 1.